The predicted octanol–water partition coefficient (Wildman–Crippen LogP) is 4.49. The molecule has 0 saturated carbocycles. The molecule has 1 aromatic carbocycles. The molecule has 104 valence electrons. The molecule has 2 aromatic heterocycles. The van der Waals surface area contributed by atoms with Crippen LogP contribution in [0.4, 0.5) is 0 Å². The first-order valence-corrected chi connectivity index (χ1v) is 7.74. The summed E-state index contributed by atoms with van der Waals surface area (Å²) in [5, 5.41) is 11.6. The monoisotopic (exact) mass is 293 g/mol. The number of hydrogen-bond acceptors (Lipinski definition) is 3. The lowest BCUT2D eigenvalue weighted by atomic mass is 10.2. The molecule has 0 aliphatic heterocycles. The molecule has 0 aliphatic carbocycles. The maximum absolute atomic E-state index is 9.55. The summed E-state index contributed by atoms with van der Waals surface area (Å²) >= 11 is 1.64. The summed E-state index contributed by atoms with van der Waals surface area (Å²) < 4.78 is 2.09. The van der Waals surface area contributed by atoms with E-state index in [1.165, 1.54) is 5.56 Å². The van der Waals surface area contributed by atoms with Gasteiger partial charge in [-0.25, -0.2) is 4.98 Å². The standard InChI is InChI=1S/C17H15N3S/c1-3-20-15-7-5-4-6-14(15)19-17(20)13(11-18)10-16-12(2)8-9-21-16/h4-10H,3H2,1-2H3/b13-10-. The van der Waals surface area contributed by atoms with E-state index in [1.54, 1.807) is 11.3 Å². The second-order valence-electron chi connectivity index (χ2n) is 4.81. The van der Waals surface area contributed by atoms with Crippen LogP contribution in [-0.4, -0.2) is 9.55 Å². The van der Waals surface area contributed by atoms with Crippen molar-refractivity contribution in [1.82, 2.24) is 9.55 Å². The number of thiophene rings is 1. The number of hydrogen-bond donors (Lipinski definition) is 0. The Morgan fingerprint density at radius 2 is 2.19 bits per heavy atom. The fourth-order valence-electron chi connectivity index (χ4n) is 2.41. The molecule has 0 unspecified atom stereocenters. The minimum atomic E-state index is 0.610. The molecule has 0 amide bonds. The van der Waals surface area contributed by atoms with Crippen molar-refractivity contribution in [1.29, 1.82) is 5.26 Å². The van der Waals surface area contributed by atoms with Gasteiger partial charge >= 0.3 is 0 Å². The fraction of sp³-hybridized carbons (Fsp3) is 0.176. The van der Waals surface area contributed by atoms with Crippen LogP contribution in [0.25, 0.3) is 22.7 Å². The molecule has 2 heterocycles. The van der Waals surface area contributed by atoms with Crippen LogP contribution in [0.1, 0.15) is 23.2 Å². The summed E-state index contributed by atoms with van der Waals surface area (Å²) in [7, 11) is 0. The van der Waals surface area contributed by atoms with E-state index < -0.39 is 0 Å². The lowest BCUT2D eigenvalue weighted by Gasteiger charge is -2.04. The molecule has 3 nitrogen and oxygen atoms in total. The van der Waals surface area contributed by atoms with Crippen molar-refractivity contribution in [3.63, 3.8) is 0 Å². The average molecular weight is 293 g/mol. The van der Waals surface area contributed by atoms with Gasteiger partial charge in [-0.2, -0.15) is 5.26 Å². The number of allylic oxidation sites excluding steroid dienone is 1. The van der Waals surface area contributed by atoms with Crippen LogP contribution in [0.15, 0.2) is 35.7 Å². The van der Waals surface area contributed by atoms with E-state index in [9.17, 15) is 5.26 Å². The Labute approximate surface area is 127 Å². The molecule has 3 aromatic rings. The largest absolute Gasteiger partial charge is 0.324 e. The van der Waals surface area contributed by atoms with Crippen molar-refractivity contribution in [2.45, 2.75) is 20.4 Å². The van der Waals surface area contributed by atoms with Crippen LogP contribution >= 0.6 is 11.3 Å². The van der Waals surface area contributed by atoms with Crippen LogP contribution in [-0.2, 0) is 6.54 Å². The van der Waals surface area contributed by atoms with Crippen LogP contribution in [0.2, 0.25) is 0 Å². The Kier molecular flexibility index (Phi) is 3.59. The van der Waals surface area contributed by atoms with Gasteiger partial charge in [0.2, 0.25) is 0 Å². The Hall–Kier alpha value is -2.38. The zero-order valence-electron chi connectivity index (χ0n) is 12.0. The second-order valence-corrected chi connectivity index (χ2v) is 5.75. The molecule has 0 N–H and O–H groups in total. The second kappa shape index (κ2) is 5.55. The van der Waals surface area contributed by atoms with E-state index in [-0.39, 0.29) is 0 Å². The quantitative estimate of drug-likeness (QED) is 0.668. The van der Waals surface area contributed by atoms with Gasteiger partial charge in [0.15, 0.2) is 5.82 Å². The number of fused-ring (bicyclic) bond motifs is 1. The van der Waals surface area contributed by atoms with Crippen LogP contribution < -0.4 is 0 Å². The molecule has 0 saturated heterocycles. The summed E-state index contributed by atoms with van der Waals surface area (Å²) in [5.74, 6) is 0.744. The summed E-state index contributed by atoms with van der Waals surface area (Å²) in [6.45, 7) is 4.92. The lowest BCUT2D eigenvalue weighted by Crippen LogP contribution is -2.00. The van der Waals surface area contributed by atoms with E-state index in [1.807, 2.05) is 35.7 Å². The smallest absolute Gasteiger partial charge is 0.151 e. The lowest BCUT2D eigenvalue weighted by molar-refractivity contribution is 0.775. The minimum Gasteiger partial charge on any atom is -0.324 e. The molecular weight excluding hydrogens is 278 g/mol. The average Bonchev–Trinajstić information content (AvgIpc) is 3.07. The van der Waals surface area contributed by atoms with Crippen molar-refractivity contribution < 1.29 is 0 Å². The highest BCUT2D eigenvalue weighted by atomic mass is 32.1. The van der Waals surface area contributed by atoms with Crippen LogP contribution in [0.3, 0.4) is 0 Å². The van der Waals surface area contributed by atoms with Crippen molar-refractivity contribution in [3.05, 3.63) is 52.0 Å². The van der Waals surface area contributed by atoms with Gasteiger partial charge in [-0.1, -0.05) is 12.1 Å². The van der Waals surface area contributed by atoms with Crippen LogP contribution in [0.5, 0.6) is 0 Å². The number of benzene rings is 1. The van der Waals surface area contributed by atoms with Crippen molar-refractivity contribution in [2.75, 3.05) is 0 Å². The highest BCUT2D eigenvalue weighted by Crippen LogP contribution is 2.26. The molecule has 0 atom stereocenters. The number of nitriles is 1. The Morgan fingerprint density at radius 1 is 1.38 bits per heavy atom. The maximum Gasteiger partial charge on any atom is 0.151 e. The third-order valence-electron chi connectivity index (χ3n) is 3.51. The van der Waals surface area contributed by atoms with Gasteiger partial charge in [0.05, 0.1) is 16.6 Å². The third-order valence-corrected chi connectivity index (χ3v) is 4.48. The molecule has 3 rings (SSSR count). The third kappa shape index (κ3) is 2.37. The van der Waals surface area contributed by atoms with Crippen LogP contribution in [0, 0.1) is 18.3 Å². The molecule has 0 bridgehead atoms. The zero-order valence-corrected chi connectivity index (χ0v) is 12.8. The number of aryl methyl sites for hydroxylation is 2. The molecular formula is C17H15N3S. The molecule has 0 fully saturated rings. The topological polar surface area (TPSA) is 41.6 Å². The van der Waals surface area contributed by atoms with Crippen molar-refractivity contribution >= 4 is 34.0 Å². The molecule has 21 heavy (non-hydrogen) atoms. The number of rotatable bonds is 3. The maximum atomic E-state index is 9.55. The number of imidazole rings is 1. The number of nitrogens with zero attached hydrogens (tertiary/aromatic N) is 3. The van der Waals surface area contributed by atoms with Gasteiger partial charge in [-0.15, -0.1) is 11.3 Å². The van der Waals surface area contributed by atoms with Gasteiger partial charge in [-0.05, 0) is 49.1 Å². The first kappa shape index (κ1) is 13.6. The summed E-state index contributed by atoms with van der Waals surface area (Å²) in [5.41, 5.74) is 3.79. The van der Waals surface area contributed by atoms with Gasteiger partial charge < -0.3 is 4.57 Å². The predicted molar refractivity (Wildman–Crippen MR) is 87.9 cm³/mol. The SMILES string of the molecule is CCn1c(/C(C#N)=C\c2sccc2C)nc2ccccc21. The zero-order chi connectivity index (χ0) is 14.8. The van der Waals surface area contributed by atoms with Crippen molar-refractivity contribution in [3.8, 4) is 6.07 Å². The highest BCUT2D eigenvalue weighted by molar-refractivity contribution is 7.11. The van der Waals surface area contributed by atoms with Gasteiger partial charge in [0, 0.05) is 11.4 Å². The Bertz CT molecular complexity index is 862. The van der Waals surface area contributed by atoms with E-state index in [4.69, 9.17) is 0 Å². The van der Waals surface area contributed by atoms with E-state index in [0.29, 0.717) is 5.57 Å². The first-order valence-electron chi connectivity index (χ1n) is 6.86. The highest BCUT2D eigenvalue weighted by Gasteiger charge is 2.13. The van der Waals surface area contributed by atoms with Crippen molar-refractivity contribution in [2.24, 2.45) is 0 Å². The molecule has 0 aliphatic rings. The number of para-hydroxylation sites is 2. The summed E-state index contributed by atoms with van der Waals surface area (Å²) in [4.78, 5) is 5.75. The Balaban J connectivity index is 2.20. The minimum absolute atomic E-state index is 0.610. The molecule has 0 spiro atoms. The Morgan fingerprint density at radius 3 is 2.86 bits per heavy atom. The summed E-state index contributed by atoms with van der Waals surface area (Å²) in [6, 6.07) is 12.4. The van der Waals surface area contributed by atoms with Gasteiger partial charge in [-0.3, -0.25) is 0 Å². The van der Waals surface area contributed by atoms with E-state index in [2.05, 4.69) is 35.5 Å². The summed E-state index contributed by atoms with van der Waals surface area (Å²) in [6.07, 6.45) is 1.94. The number of aromatic nitrogens is 2. The van der Waals surface area contributed by atoms with Gasteiger partial charge in [0.1, 0.15) is 6.07 Å². The normalized spacial score (nSPS) is 11.8. The fourth-order valence-corrected chi connectivity index (χ4v) is 3.27. The molecule has 4 heteroatoms. The van der Waals surface area contributed by atoms with E-state index in [0.717, 1.165) is 28.3 Å². The molecule has 0 radical (unpaired) electrons. The van der Waals surface area contributed by atoms with Gasteiger partial charge in [0.25, 0.3) is 0 Å². The first-order chi connectivity index (χ1) is 10.2. The van der Waals surface area contributed by atoms with E-state index >= 15 is 0 Å².